The molecule has 2 N–H and O–H groups in total. The number of H-pyrrole nitrogens is 1. The number of hydrogen-bond acceptors (Lipinski definition) is 6. The number of aromatic amines is 1. The van der Waals surface area contributed by atoms with Gasteiger partial charge in [-0.05, 0) is 57.2 Å². The molecule has 2 aromatic carbocycles. The Morgan fingerprint density at radius 2 is 1.70 bits per heavy atom. The summed E-state index contributed by atoms with van der Waals surface area (Å²) in [5.41, 5.74) is 3.04. The minimum absolute atomic E-state index is 0.0983. The summed E-state index contributed by atoms with van der Waals surface area (Å²) in [7, 11) is 0. The Balaban J connectivity index is 0.000000234. The second-order valence-electron chi connectivity index (χ2n) is 6.38. The topological polar surface area (TPSA) is 92.8 Å². The maximum Gasteiger partial charge on any atom is 0.354 e. The van der Waals surface area contributed by atoms with Crippen LogP contribution in [0.15, 0.2) is 41.5 Å². The molecule has 0 amide bonds. The number of aromatic nitrogens is 1. The Labute approximate surface area is 198 Å². The molecule has 3 rings (SSSR count). The molecule has 0 spiro atoms. The average Bonchev–Trinajstić information content (AvgIpc) is 3.25. The summed E-state index contributed by atoms with van der Waals surface area (Å²) in [5, 5.41) is 4.95. The number of benzene rings is 2. The third-order valence-electron chi connectivity index (χ3n) is 4.03. The lowest BCUT2D eigenvalue weighted by Crippen LogP contribution is -2.15. The van der Waals surface area contributed by atoms with Gasteiger partial charge in [-0.2, -0.15) is 5.10 Å². The lowest BCUT2D eigenvalue weighted by molar-refractivity contribution is -0.135. The summed E-state index contributed by atoms with van der Waals surface area (Å²) in [5.74, 6) is -2.03. The third-order valence-corrected chi connectivity index (χ3v) is 4.59. The minimum atomic E-state index is -0.553. The molecule has 3 aromatic rings. The lowest BCUT2D eigenvalue weighted by Gasteiger charge is -2.04. The van der Waals surface area contributed by atoms with Gasteiger partial charge in [-0.15, -0.1) is 0 Å². The van der Waals surface area contributed by atoms with Gasteiger partial charge >= 0.3 is 11.9 Å². The fourth-order valence-electron chi connectivity index (χ4n) is 2.48. The molecular formula is C22H21Cl2F2N3O4. The first kappa shape index (κ1) is 26.1. The molecule has 0 bridgehead atoms. The number of rotatable bonds is 6. The average molecular weight is 500 g/mol. The third kappa shape index (κ3) is 7.16. The summed E-state index contributed by atoms with van der Waals surface area (Å²) >= 11 is 11.6. The molecule has 0 aliphatic carbocycles. The predicted octanol–water partition coefficient (Wildman–Crippen LogP) is 5.97. The molecule has 1 aromatic heterocycles. The van der Waals surface area contributed by atoms with E-state index in [1.54, 1.807) is 13.8 Å². The maximum atomic E-state index is 13.4. The van der Waals surface area contributed by atoms with E-state index in [0.29, 0.717) is 15.4 Å². The van der Waals surface area contributed by atoms with Crippen LogP contribution >= 0.6 is 23.2 Å². The van der Waals surface area contributed by atoms with Gasteiger partial charge in [-0.1, -0.05) is 23.2 Å². The van der Waals surface area contributed by atoms with Crippen molar-refractivity contribution in [1.82, 2.24) is 4.98 Å². The number of carbonyl (C=O) groups is 2. The highest BCUT2D eigenvalue weighted by Crippen LogP contribution is 2.26. The van der Waals surface area contributed by atoms with E-state index in [0.717, 1.165) is 0 Å². The molecule has 0 aliphatic heterocycles. The van der Waals surface area contributed by atoms with Crippen LogP contribution in [0.2, 0.25) is 10.0 Å². The van der Waals surface area contributed by atoms with Gasteiger partial charge in [0.25, 0.3) is 0 Å². The monoisotopic (exact) mass is 499 g/mol. The molecule has 11 heteroatoms. The Hall–Kier alpha value is -3.17. The van der Waals surface area contributed by atoms with Gasteiger partial charge in [0.05, 0.1) is 29.4 Å². The Kier molecular flexibility index (Phi) is 9.62. The van der Waals surface area contributed by atoms with E-state index in [9.17, 15) is 18.4 Å². The lowest BCUT2D eigenvalue weighted by atomic mass is 10.2. The van der Waals surface area contributed by atoms with Gasteiger partial charge in [0.2, 0.25) is 0 Å². The fourth-order valence-corrected chi connectivity index (χ4v) is 2.86. The number of nitrogens with one attached hydrogen (secondary N) is 2. The van der Waals surface area contributed by atoms with Crippen molar-refractivity contribution in [3.05, 3.63) is 63.8 Å². The number of fused-ring (bicyclic) bond motifs is 1. The van der Waals surface area contributed by atoms with E-state index in [-0.39, 0.29) is 35.8 Å². The SMILES string of the molecule is CCOC(=O)C(C)=NNc1cc(Cl)ccc1F.CCOC(=O)c1cc2c(Cl)ccc(F)c2[nH]1. The van der Waals surface area contributed by atoms with Crippen molar-refractivity contribution >= 4 is 57.4 Å². The van der Waals surface area contributed by atoms with E-state index < -0.39 is 23.6 Å². The first-order chi connectivity index (χ1) is 15.7. The van der Waals surface area contributed by atoms with E-state index in [1.807, 2.05) is 0 Å². The van der Waals surface area contributed by atoms with Gasteiger partial charge < -0.3 is 14.5 Å². The van der Waals surface area contributed by atoms with Crippen LogP contribution in [0.5, 0.6) is 0 Å². The Morgan fingerprint density at radius 1 is 1.03 bits per heavy atom. The van der Waals surface area contributed by atoms with Crippen molar-refractivity contribution in [3.63, 3.8) is 0 Å². The van der Waals surface area contributed by atoms with Crippen molar-refractivity contribution in [3.8, 4) is 0 Å². The Morgan fingerprint density at radius 3 is 2.33 bits per heavy atom. The highest BCUT2D eigenvalue weighted by atomic mass is 35.5. The predicted molar refractivity (Wildman–Crippen MR) is 124 cm³/mol. The van der Waals surface area contributed by atoms with Crippen LogP contribution in [0.1, 0.15) is 31.3 Å². The van der Waals surface area contributed by atoms with Gasteiger partial charge in [0.1, 0.15) is 23.0 Å². The van der Waals surface area contributed by atoms with Crippen molar-refractivity contribution in [2.24, 2.45) is 5.10 Å². The zero-order valence-electron chi connectivity index (χ0n) is 18.0. The zero-order valence-corrected chi connectivity index (χ0v) is 19.5. The molecule has 1 heterocycles. The van der Waals surface area contributed by atoms with Gasteiger partial charge in [0, 0.05) is 10.4 Å². The summed E-state index contributed by atoms with van der Waals surface area (Å²) in [6.07, 6.45) is 0. The number of carbonyl (C=O) groups excluding carboxylic acids is 2. The zero-order chi connectivity index (χ0) is 24.5. The molecule has 0 unspecified atom stereocenters. The highest BCUT2D eigenvalue weighted by molar-refractivity contribution is 6.36. The van der Waals surface area contributed by atoms with Crippen LogP contribution in [0.3, 0.4) is 0 Å². The standard InChI is InChI=1S/C11H12ClFN2O2.C11H9ClFNO2/c1-3-17-11(16)7(2)14-15-10-6-8(12)4-5-9(10)13;1-2-16-11(15)9-5-6-7(12)3-4-8(13)10(6)14-9/h4-6,15H,3H2,1-2H3;3-5,14H,2H2,1H3. The Bertz CT molecular complexity index is 1140. The number of anilines is 1. The molecular weight excluding hydrogens is 479 g/mol. The molecule has 33 heavy (non-hydrogen) atoms. The molecule has 176 valence electrons. The van der Waals surface area contributed by atoms with E-state index in [2.05, 4.69) is 15.5 Å². The number of hydrogen-bond donors (Lipinski definition) is 2. The van der Waals surface area contributed by atoms with Crippen LogP contribution in [0, 0.1) is 11.6 Å². The van der Waals surface area contributed by atoms with E-state index in [4.69, 9.17) is 32.7 Å². The second-order valence-corrected chi connectivity index (χ2v) is 7.22. The van der Waals surface area contributed by atoms with E-state index in [1.165, 1.54) is 43.3 Å². The second kappa shape index (κ2) is 12.2. The molecule has 7 nitrogen and oxygen atoms in total. The van der Waals surface area contributed by atoms with Crippen LogP contribution < -0.4 is 5.43 Å². The van der Waals surface area contributed by atoms with Crippen LogP contribution in [0.4, 0.5) is 14.5 Å². The highest BCUT2D eigenvalue weighted by Gasteiger charge is 2.14. The molecule has 0 saturated carbocycles. The minimum Gasteiger partial charge on any atom is -0.461 e. The molecule has 0 aliphatic rings. The van der Waals surface area contributed by atoms with Gasteiger partial charge in [-0.25, -0.2) is 18.4 Å². The normalized spacial score (nSPS) is 10.9. The number of nitrogens with zero attached hydrogens (tertiary/aromatic N) is 1. The summed E-state index contributed by atoms with van der Waals surface area (Å²) < 4.78 is 36.2. The van der Waals surface area contributed by atoms with Crippen molar-refractivity contribution < 1.29 is 27.8 Å². The first-order valence-corrected chi connectivity index (χ1v) is 10.5. The fraction of sp³-hybridized carbons (Fsp3) is 0.227. The van der Waals surface area contributed by atoms with E-state index >= 15 is 0 Å². The van der Waals surface area contributed by atoms with Gasteiger partial charge in [-0.3, -0.25) is 5.43 Å². The first-order valence-electron chi connectivity index (χ1n) is 9.74. The number of hydrazone groups is 1. The number of esters is 2. The van der Waals surface area contributed by atoms with Crippen LogP contribution in [0.25, 0.3) is 10.9 Å². The molecule has 0 radical (unpaired) electrons. The molecule has 0 atom stereocenters. The number of halogens is 4. The molecule has 0 saturated heterocycles. The largest absolute Gasteiger partial charge is 0.461 e. The van der Waals surface area contributed by atoms with Crippen molar-refractivity contribution in [2.45, 2.75) is 20.8 Å². The maximum absolute atomic E-state index is 13.4. The smallest absolute Gasteiger partial charge is 0.354 e. The quantitative estimate of drug-likeness (QED) is 0.247. The van der Waals surface area contributed by atoms with Crippen molar-refractivity contribution in [1.29, 1.82) is 0 Å². The number of ether oxygens (including phenoxy) is 2. The summed E-state index contributed by atoms with van der Waals surface area (Å²) in [6, 6.07) is 8.18. The summed E-state index contributed by atoms with van der Waals surface area (Å²) in [6.45, 7) is 5.39. The molecule has 0 fully saturated rings. The van der Waals surface area contributed by atoms with Crippen molar-refractivity contribution in [2.75, 3.05) is 18.6 Å². The summed E-state index contributed by atoms with van der Waals surface area (Å²) in [4.78, 5) is 25.3. The van der Waals surface area contributed by atoms with Gasteiger partial charge in [0.15, 0.2) is 0 Å². The van der Waals surface area contributed by atoms with Crippen LogP contribution in [-0.2, 0) is 14.3 Å². The van der Waals surface area contributed by atoms with Crippen LogP contribution in [-0.4, -0.2) is 35.8 Å².